The minimum absolute atomic E-state index is 0.0303. The Morgan fingerprint density at radius 3 is 2.47 bits per heavy atom. The van der Waals surface area contributed by atoms with Crippen molar-refractivity contribution in [3.05, 3.63) is 32.9 Å². The van der Waals surface area contributed by atoms with Gasteiger partial charge in [-0.25, -0.2) is 8.42 Å². The van der Waals surface area contributed by atoms with E-state index >= 15 is 0 Å². The van der Waals surface area contributed by atoms with Crippen molar-refractivity contribution in [1.82, 2.24) is 4.90 Å². The predicted molar refractivity (Wildman–Crippen MR) is 78.9 cm³/mol. The smallest absolute Gasteiger partial charge is 0.262 e. The Morgan fingerprint density at radius 1 is 1.21 bits per heavy atom. The van der Waals surface area contributed by atoms with E-state index in [9.17, 15) is 18.0 Å². The van der Waals surface area contributed by atoms with Crippen LogP contribution in [0, 0.1) is 3.57 Å². The lowest BCUT2D eigenvalue weighted by Gasteiger charge is -2.12. The zero-order valence-electron chi connectivity index (χ0n) is 10.2. The van der Waals surface area contributed by atoms with E-state index in [1.807, 2.05) is 22.6 Å². The summed E-state index contributed by atoms with van der Waals surface area (Å²) in [7, 11) is -3.08. The predicted octanol–water partition coefficient (Wildman–Crippen LogP) is 1.32. The average molecular weight is 393 g/mol. The molecular weight excluding hydrogens is 381 g/mol. The first-order valence-electron chi connectivity index (χ1n) is 5.63. The molecule has 0 bridgehead atoms. The third-order valence-electron chi connectivity index (χ3n) is 2.85. The Kier molecular flexibility index (Phi) is 3.95. The van der Waals surface area contributed by atoms with E-state index in [0.717, 1.165) is 14.7 Å². The molecule has 0 N–H and O–H groups in total. The molecule has 19 heavy (non-hydrogen) atoms. The van der Waals surface area contributed by atoms with E-state index in [1.54, 1.807) is 18.2 Å². The molecule has 1 aliphatic heterocycles. The van der Waals surface area contributed by atoms with Gasteiger partial charge in [-0.05, 0) is 41.1 Å². The number of hydrogen-bond acceptors (Lipinski definition) is 4. The molecule has 0 atom stereocenters. The van der Waals surface area contributed by atoms with E-state index in [1.165, 1.54) is 0 Å². The second-order valence-corrected chi connectivity index (χ2v) is 7.83. The number of carbonyl (C=O) groups excluding carboxylic acids is 2. The second kappa shape index (κ2) is 5.20. The van der Waals surface area contributed by atoms with E-state index in [2.05, 4.69) is 0 Å². The van der Waals surface area contributed by atoms with Crippen LogP contribution in [0.3, 0.4) is 0 Å². The molecule has 0 aromatic heterocycles. The van der Waals surface area contributed by atoms with Gasteiger partial charge in [0, 0.05) is 16.4 Å². The zero-order chi connectivity index (χ0) is 14.2. The zero-order valence-corrected chi connectivity index (χ0v) is 13.2. The summed E-state index contributed by atoms with van der Waals surface area (Å²) in [6, 6.07) is 5.12. The molecule has 1 aromatic carbocycles. The van der Waals surface area contributed by atoms with E-state index in [4.69, 9.17) is 0 Å². The van der Waals surface area contributed by atoms with Gasteiger partial charge in [0.1, 0.15) is 9.84 Å². The Morgan fingerprint density at radius 2 is 1.89 bits per heavy atom. The summed E-state index contributed by atoms with van der Waals surface area (Å²) < 4.78 is 22.8. The molecule has 0 unspecified atom stereocenters. The number of halogens is 1. The largest absolute Gasteiger partial charge is 0.274 e. The molecule has 1 aliphatic rings. The number of fused-ring (bicyclic) bond motifs is 1. The molecule has 0 radical (unpaired) electrons. The fourth-order valence-electron chi connectivity index (χ4n) is 1.98. The SMILES string of the molecule is CS(=O)(=O)CCCN1C(=O)c2cccc(I)c2C1=O. The number of carbonyl (C=O) groups is 2. The Balaban J connectivity index is 2.17. The normalized spacial score (nSPS) is 14.9. The first kappa shape index (κ1) is 14.4. The van der Waals surface area contributed by atoms with Crippen molar-refractivity contribution in [2.45, 2.75) is 6.42 Å². The average Bonchev–Trinajstić information content (AvgIpc) is 2.54. The van der Waals surface area contributed by atoms with Crippen molar-refractivity contribution in [3.63, 3.8) is 0 Å². The van der Waals surface area contributed by atoms with Crippen LogP contribution >= 0.6 is 22.6 Å². The Hall–Kier alpha value is -0.960. The molecule has 0 spiro atoms. The van der Waals surface area contributed by atoms with E-state index < -0.39 is 9.84 Å². The van der Waals surface area contributed by atoms with Gasteiger partial charge in [0.15, 0.2) is 0 Å². The fourth-order valence-corrected chi connectivity index (χ4v) is 3.36. The van der Waals surface area contributed by atoms with Crippen LogP contribution < -0.4 is 0 Å². The second-order valence-electron chi connectivity index (χ2n) is 4.41. The number of nitrogens with zero attached hydrogens (tertiary/aromatic N) is 1. The standard InChI is InChI=1S/C12H12INO4S/c1-19(17,18)7-3-6-14-11(15)8-4-2-5-9(13)10(8)12(14)16/h2,4-5H,3,6-7H2,1H3. The number of sulfone groups is 1. The minimum atomic E-state index is -3.08. The third kappa shape index (κ3) is 2.97. The molecule has 2 rings (SSSR count). The van der Waals surface area contributed by atoms with Crippen molar-refractivity contribution in [2.24, 2.45) is 0 Å². The number of benzene rings is 1. The number of imide groups is 1. The fraction of sp³-hybridized carbons (Fsp3) is 0.333. The molecule has 0 fully saturated rings. The van der Waals surface area contributed by atoms with Crippen molar-refractivity contribution in [3.8, 4) is 0 Å². The monoisotopic (exact) mass is 393 g/mol. The van der Waals surface area contributed by atoms with Crippen molar-refractivity contribution in [2.75, 3.05) is 18.6 Å². The molecule has 102 valence electrons. The van der Waals surface area contributed by atoms with Crippen LogP contribution in [-0.2, 0) is 9.84 Å². The van der Waals surface area contributed by atoms with Crippen LogP contribution in [-0.4, -0.2) is 43.7 Å². The maximum atomic E-state index is 12.1. The summed E-state index contributed by atoms with van der Waals surface area (Å²) in [5, 5.41) is 0. The molecule has 0 saturated carbocycles. The van der Waals surface area contributed by atoms with Gasteiger partial charge in [0.05, 0.1) is 16.9 Å². The molecule has 0 aliphatic carbocycles. The molecular formula is C12H12INO4S. The summed E-state index contributed by atoms with van der Waals surface area (Å²) in [6.07, 6.45) is 1.40. The Labute approximate surface area is 125 Å². The lowest BCUT2D eigenvalue weighted by atomic mass is 10.1. The highest BCUT2D eigenvalue weighted by atomic mass is 127. The molecule has 0 saturated heterocycles. The van der Waals surface area contributed by atoms with E-state index in [0.29, 0.717) is 11.1 Å². The molecule has 7 heteroatoms. The lowest BCUT2D eigenvalue weighted by molar-refractivity contribution is 0.0654. The maximum Gasteiger partial charge on any atom is 0.262 e. The summed E-state index contributed by atoms with van der Waals surface area (Å²) in [5.74, 6) is -0.706. The van der Waals surface area contributed by atoms with Crippen LogP contribution in [0.5, 0.6) is 0 Å². The number of rotatable bonds is 4. The first-order valence-corrected chi connectivity index (χ1v) is 8.77. The third-order valence-corrected chi connectivity index (χ3v) is 4.77. The van der Waals surface area contributed by atoms with Crippen molar-refractivity contribution >= 4 is 44.2 Å². The van der Waals surface area contributed by atoms with Gasteiger partial charge in [-0.3, -0.25) is 14.5 Å². The van der Waals surface area contributed by atoms with E-state index in [-0.39, 0.29) is 30.5 Å². The molecule has 1 heterocycles. The van der Waals surface area contributed by atoms with Crippen LogP contribution in [0.2, 0.25) is 0 Å². The van der Waals surface area contributed by atoms with Crippen LogP contribution in [0.25, 0.3) is 0 Å². The molecule has 1 aromatic rings. The Bertz CT molecular complexity index is 654. The van der Waals surface area contributed by atoms with Gasteiger partial charge in [0.2, 0.25) is 0 Å². The quantitative estimate of drug-likeness (QED) is 0.572. The van der Waals surface area contributed by atoms with Gasteiger partial charge in [-0.1, -0.05) is 6.07 Å². The van der Waals surface area contributed by atoms with Crippen LogP contribution in [0.15, 0.2) is 18.2 Å². The van der Waals surface area contributed by atoms with Crippen molar-refractivity contribution in [1.29, 1.82) is 0 Å². The lowest BCUT2D eigenvalue weighted by Crippen LogP contribution is -2.31. The van der Waals surface area contributed by atoms with Gasteiger partial charge < -0.3 is 0 Å². The minimum Gasteiger partial charge on any atom is -0.274 e. The van der Waals surface area contributed by atoms with Gasteiger partial charge >= 0.3 is 0 Å². The molecule has 2 amide bonds. The van der Waals surface area contributed by atoms with Gasteiger partial charge in [-0.15, -0.1) is 0 Å². The number of amides is 2. The van der Waals surface area contributed by atoms with Crippen LogP contribution in [0.4, 0.5) is 0 Å². The summed E-state index contributed by atoms with van der Waals surface area (Å²) in [6.45, 7) is 0.134. The maximum absolute atomic E-state index is 12.1. The van der Waals surface area contributed by atoms with Crippen LogP contribution in [0.1, 0.15) is 27.1 Å². The van der Waals surface area contributed by atoms with Gasteiger partial charge in [0.25, 0.3) is 11.8 Å². The summed E-state index contributed by atoms with van der Waals surface area (Å²) in [4.78, 5) is 25.3. The highest BCUT2D eigenvalue weighted by molar-refractivity contribution is 14.1. The summed E-state index contributed by atoms with van der Waals surface area (Å²) >= 11 is 2.02. The van der Waals surface area contributed by atoms with Gasteiger partial charge in [-0.2, -0.15) is 0 Å². The van der Waals surface area contributed by atoms with Crippen molar-refractivity contribution < 1.29 is 18.0 Å². The highest BCUT2D eigenvalue weighted by Gasteiger charge is 2.36. The number of hydrogen-bond donors (Lipinski definition) is 0. The highest BCUT2D eigenvalue weighted by Crippen LogP contribution is 2.27. The molecule has 5 nitrogen and oxygen atoms in total. The topological polar surface area (TPSA) is 71.5 Å². The first-order chi connectivity index (χ1) is 8.81. The summed E-state index contributed by atoms with van der Waals surface area (Å²) in [5.41, 5.74) is 0.823.